The number of benzene rings is 1. The van der Waals surface area contributed by atoms with Crippen molar-refractivity contribution in [3.8, 4) is 5.75 Å². The van der Waals surface area contributed by atoms with Gasteiger partial charge in [-0.1, -0.05) is 62.4 Å². The van der Waals surface area contributed by atoms with Gasteiger partial charge in [-0.3, -0.25) is 19.2 Å². The lowest BCUT2D eigenvalue weighted by Crippen LogP contribution is -2.48. The zero-order valence-corrected chi connectivity index (χ0v) is 25.5. The first kappa shape index (κ1) is 36.3. The van der Waals surface area contributed by atoms with Crippen LogP contribution in [-0.2, 0) is 19.1 Å². The Morgan fingerprint density at radius 3 is 2.12 bits per heavy atom. The van der Waals surface area contributed by atoms with E-state index in [1.54, 1.807) is 14.0 Å². The molecule has 2 heterocycles. The molecule has 234 valence electrons. The van der Waals surface area contributed by atoms with Gasteiger partial charge in [-0.25, -0.2) is 0 Å². The standard InChI is InChI=1S/C19H26N4O6.C8H10O.C2H6.CH4O/c1-11-7-22-29-18(11)19(27)21-8-15(24)20-9-16(25)23-13(17(26)14-10-28-14)6-12-4-2-3-5-12;1-7-3-5-8(9-2)6-4-7;2*1-2/h7,12-14H,2-6,8-10H2,1H3,(H,20,24)(H,21,27)(H,23,25);3-6H,1-2H3;1-2H3;2H,1H3. The van der Waals surface area contributed by atoms with E-state index in [9.17, 15) is 19.2 Å². The smallest absolute Gasteiger partial charge is 0.290 e. The van der Waals surface area contributed by atoms with E-state index in [2.05, 4.69) is 28.0 Å². The Kier molecular flexibility index (Phi) is 17.4. The molecule has 1 aromatic heterocycles. The third-order valence-corrected chi connectivity index (χ3v) is 6.44. The van der Waals surface area contributed by atoms with Crippen LogP contribution in [0.4, 0.5) is 0 Å². The van der Waals surface area contributed by atoms with Gasteiger partial charge in [0.25, 0.3) is 5.91 Å². The number of epoxide rings is 1. The first-order valence-corrected chi connectivity index (χ1v) is 14.2. The van der Waals surface area contributed by atoms with Gasteiger partial charge < -0.3 is 35.1 Å². The molecule has 4 rings (SSSR count). The quantitative estimate of drug-likeness (QED) is 0.287. The first-order valence-electron chi connectivity index (χ1n) is 14.2. The minimum absolute atomic E-state index is 0.0334. The topological polar surface area (TPSA) is 172 Å². The van der Waals surface area contributed by atoms with Crippen LogP contribution in [0.5, 0.6) is 5.75 Å². The minimum Gasteiger partial charge on any atom is -0.497 e. The van der Waals surface area contributed by atoms with E-state index in [1.165, 1.54) is 11.8 Å². The zero-order chi connectivity index (χ0) is 31.5. The first-order chi connectivity index (χ1) is 20.3. The van der Waals surface area contributed by atoms with E-state index < -0.39 is 29.9 Å². The highest BCUT2D eigenvalue weighted by Gasteiger charge is 2.38. The predicted octanol–water partition coefficient (Wildman–Crippen LogP) is 2.50. The normalized spacial score (nSPS) is 15.6. The second-order valence-corrected chi connectivity index (χ2v) is 9.55. The van der Waals surface area contributed by atoms with Crippen molar-refractivity contribution in [1.29, 1.82) is 0 Å². The summed E-state index contributed by atoms with van der Waals surface area (Å²) in [5.41, 5.74) is 1.82. The molecule has 0 radical (unpaired) electrons. The molecular weight excluding hydrogens is 544 g/mol. The van der Waals surface area contributed by atoms with E-state index in [4.69, 9.17) is 19.1 Å². The van der Waals surface area contributed by atoms with Crippen molar-refractivity contribution in [1.82, 2.24) is 21.1 Å². The Bertz CT molecular complexity index is 1090. The monoisotopic (exact) mass is 590 g/mol. The van der Waals surface area contributed by atoms with Crippen LogP contribution < -0.4 is 20.7 Å². The largest absolute Gasteiger partial charge is 0.497 e. The molecule has 1 aromatic carbocycles. The predicted molar refractivity (Wildman–Crippen MR) is 157 cm³/mol. The van der Waals surface area contributed by atoms with Crippen LogP contribution in [0.1, 0.15) is 67.6 Å². The number of ether oxygens (including phenoxy) is 2. The lowest BCUT2D eigenvalue weighted by atomic mass is 9.94. The Morgan fingerprint density at radius 1 is 1.00 bits per heavy atom. The second-order valence-electron chi connectivity index (χ2n) is 9.55. The van der Waals surface area contributed by atoms with E-state index in [0.29, 0.717) is 24.5 Å². The van der Waals surface area contributed by atoms with Crippen molar-refractivity contribution in [2.24, 2.45) is 5.92 Å². The molecule has 2 atom stereocenters. The average molecular weight is 591 g/mol. The molecule has 1 aliphatic heterocycles. The fourth-order valence-corrected chi connectivity index (χ4v) is 4.17. The van der Waals surface area contributed by atoms with Crippen LogP contribution >= 0.6 is 0 Å². The summed E-state index contributed by atoms with van der Waals surface area (Å²) in [5.74, 6) is -0.279. The number of aromatic nitrogens is 1. The lowest BCUT2D eigenvalue weighted by Gasteiger charge is -2.20. The fraction of sp³-hybridized carbons (Fsp3) is 0.567. The number of amides is 3. The Balaban J connectivity index is 0.000000569. The number of ketones is 1. The van der Waals surface area contributed by atoms with E-state index in [0.717, 1.165) is 38.5 Å². The third kappa shape index (κ3) is 13.3. The molecule has 1 aliphatic carbocycles. The van der Waals surface area contributed by atoms with Gasteiger partial charge in [-0.2, -0.15) is 0 Å². The number of aliphatic hydroxyl groups is 1. The molecule has 42 heavy (non-hydrogen) atoms. The number of carbonyl (C=O) groups excluding carboxylic acids is 4. The average Bonchev–Trinajstić information content (AvgIpc) is 3.57. The molecule has 0 spiro atoms. The van der Waals surface area contributed by atoms with Crippen LogP contribution in [-0.4, -0.2) is 79.8 Å². The molecule has 12 heteroatoms. The highest BCUT2D eigenvalue weighted by molar-refractivity contribution is 5.96. The molecule has 0 bridgehead atoms. The minimum atomic E-state index is -0.593. The number of hydrogen-bond acceptors (Lipinski definition) is 9. The van der Waals surface area contributed by atoms with Crippen molar-refractivity contribution >= 4 is 23.5 Å². The number of carbonyl (C=O) groups is 4. The van der Waals surface area contributed by atoms with Gasteiger partial charge >= 0.3 is 0 Å². The molecule has 4 N–H and O–H groups in total. The molecule has 1 saturated carbocycles. The SMILES string of the molecule is CC.CO.COc1ccc(C)cc1.Cc1cnoc1C(=O)NCC(=O)NCC(=O)NC(CC1CCCC1)C(=O)C1CO1. The molecule has 2 aliphatic rings. The Labute approximate surface area is 247 Å². The van der Waals surface area contributed by atoms with Crippen molar-refractivity contribution < 1.29 is 38.3 Å². The van der Waals surface area contributed by atoms with Crippen LogP contribution in [0.25, 0.3) is 0 Å². The summed E-state index contributed by atoms with van der Waals surface area (Å²) in [6, 6.07) is 7.37. The van der Waals surface area contributed by atoms with Gasteiger partial charge in [0.1, 0.15) is 11.9 Å². The third-order valence-electron chi connectivity index (χ3n) is 6.44. The highest BCUT2D eigenvalue weighted by Crippen LogP contribution is 2.29. The number of aryl methyl sites for hydroxylation is 2. The maximum Gasteiger partial charge on any atom is 0.290 e. The van der Waals surface area contributed by atoms with Crippen LogP contribution in [0.15, 0.2) is 35.0 Å². The summed E-state index contributed by atoms with van der Waals surface area (Å²) < 4.78 is 14.8. The molecule has 12 nitrogen and oxygen atoms in total. The van der Waals surface area contributed by atoms with Gasteiger partial charge in [0.15, 0.2) is 5.78 Å². The van der Waals surface area contributed by atoms with Crippen molar-refractivity contribution in [2.45, 2.75) is 71.9 Å². The Hall–Kier alpha value is -3.77. The molecule has 1 saturated heterocycles. The van der Waals surface area contributed by atoms with Gasteiger partial charge in [0, 0.05) is 12.7 Å². The van der Waals surface area contributed by atoms with Gasteiger partial charge in [-0.15, -0.1) is 0 Å². The maximum absolute atomic E-state index is 12.4. The van der Waals surface area contributed by atoms with E-state index in [-0.39, 0.29) is 24.6 Å². The zero-order valence-electron chi connectivity index (χ0n) is 25.5. The fourth-order valence-electron chi connectivity index (χ4n) is 4.17. The van der Waals surface area contributed by atoms with Gasteiger partial charge in [0.2, 0.25) is 17.6 Å². The summed E-state index contributed by atoms with van der Waals surface area (Å²) in [5, 5.41) is 18.0. The van der Waals surface area contributed by atoms with Crippen molar-refractivity contribution in [2.75, 3.05) is 33.9 Å². The second kappa shape index (κ2) is 20.2. The van der Waals surface area contributed by atoms with Crippen molar-refractivity contribution in [3.05, 3.63) is 47.3 Å². The number of aliphatic hydroxyl groups excluding tert-OH is 1. The van der Waals surface area contributed by atoms with Crippen molar-refractivity contribution in [3.63, 3.8) is 0 Å². The number of Topliss-reactive ketones (excluding diaryl/α,β-unsaturated/α-hetero) is 1. The molecule has 2 unspecified atom stereocenters. The molecule has 3 amide bonds. The summed E-state index contributed by atoms with van der Waals surface area (Å²) >= 11 is 0. The number of methoxy groups -OCH3 is 1. The highest BCUT2D eigenvalue weighted by atomic mass is 16.6. The summed E-state index contributed by atoms with van der Waals surface area (Å²) in [4.78, 5) is 48.4. The van der Waals surface area contributed by atoms with Crippen LogP contribution in [0.3, 0.4) is 0 Å². The Morgan fingerprint density at radius 2 is 1.60 bits per heavy atom. The maximum atomic E-state index is 12.4. The number of hydrogen-bond donors (Lipinski definition) is 4. The van der Waals surface area contributed by atoms with Gasteiger partial charge in [-0.05, 0) is 38.3 Å². The molecule has 2 aromatic rings. The molecule has 2 fully saturated rings. The van der Waals surface area contributed by atoms with E-state index >= 15 is 0 Å². The van der Waals surface area contributed by atoms with E-state index in [1.807, 2.05) is 38.1 Å². The number of nitrogens with one attached hydrogen (secondary N) is 3. The summed E-state index contributed by atoms with van der Waals surface area (Å²) in [6.45, 7) is 7.52. The number of nitrogens with zero attached hydrogens (tertiary/aromatic N) is 1. The number of rotatable bonds is 11. The summed E-state index contributed by atoms with van der Waals surface area (Å²) in [6.07, 6.45) is 5.99. The summed E-state index contributed by atoms with van der Waals surface area (Å²) in [7, 11) is 2.67. The van der Waals surface area contributed by atoms with Crippen LogP contribution in [0, 0.1) is 19.8 Å². The van der Waals surface area contributed by atoms with Crippen LogP contribution in [0.2, 0.25) is 0 Å². The lowest BCUT2D eigenvalue weighted by molar-refractivity contribution is -0.129. The molecular formula is C30H46N4O8. The van der Waals surface area contributed by atoms with Gasteiger partial charge in [0.05, 0.1) is 39.0 Å².